The molecule has 0 N–H and O–H groups in total. The van der Waals surface area contributed by atoms with Gasteiger partial charge in [0.25, 0.3) is 0 Å². The molecule has 1 aliphatic carbocycles. The summed E-state index contributed by atoms with van der Waals surface area (Å²) in [5.41, 5.74) is 16.1. The van der Waals surface area contributed by atoms with E-state index in [1.807, 2.05) is 109 Å². The quantitative estimate of drug-likeness (QED) is 0.122. The minimum Gasteiger partial charge on any atom is -0.457 e. The number of hydrogen-bond donors (Lipinski definition) is 0. The fraction of sp³-hybridized carbons (Fsp3) is 0.0769. The van der Waals surface area contributed by atoms with Crippen LogP contribution in [-0.4, -0.2) is 0 Å². The first kappa shape index (κ1) is 43.0. The van der Waals surface area contributed by atoms with Crippen LogP contribution in [0.25, 0.3) is 33.4 Å². The highest BCUT2D eigenvalue weighted by Gasteiger charge is 2.46. The van der Waals surface area contributed by atoms with Crippen LogP contribution in [0.4, 0.5) is 0 Å². The number of rotatable bonds is 12. The number of para-hydroxylation sites is 2. The molecule has 334 valence electrons. The van der Waals surface area contributed by atoms with Crippen LogP contribution in [0.2, 0.25) is 0 Å². The van der Waals surface area contributed by atoms with Crippen molar-refractivity contribution in [2.45, 2.75) is 33.1 Å². The van der Waals surface area contributed by atoms with Crippen molar-refractivity contribution in [3.8, 4) is 79.4 Å². The van der Waals surface area contributed by atoms with Gasteiger partial charge >= 0.3 is 0 Å². The average Bonchev–Trinajstić information content (AvgIpc) is 3.65. The lowest BCUT2D eigenvalue weighted by Crippen LogP contribution is -2.28. The van der Waals surface area contributed by atoms with Gasteiger partial charge < -0.3 is 18.9 Å². The van der Waals surface area contributed by atoms with Gasteiger partial charge in [0.1, 0.15) is 46.0 Å². The van der Waals surface area contributed by atoms with Gasteiger partial charge in [0.15, 0.2) is 0 Å². The molecule has 0 radical (unpaired) electrons. The summed E-state index contributed by atoms with van der Waals surface area (Å²) in [6, 6.07) is 80.1. The molecule has 4 heteroatoms. The Hall–Kier alpha value is -8.60. The summed E-state index contributed by atoms with van der Waals surface area (Å²) in [4.78, 5) is 0. The van der Waals surface area contributed by atoms with E-state index in [4.69, 9.17) is 18.9 Å². The minimum absolute atomic E-state index is 0.722. The van der Waals surface area contributed by atoms with E-state index in [9.17, 15) is 0 Å². The fourth-order valence-corrected chi connectivity index (χ4v) is 9.97. The smallest absolute Gasteiger partial charge is 0.127 e. The van der Waals surface area contributed by atoms with Crippen LogP contribution in [-0.2, 0) is 5.41 Å². The molecule has 10 aromatic carbocycles. The van der Waals surface area contributed by atoms with Gasteiger partial charge in [-0.1, -0.05) is 144 Å². The van der Waals surface area contributed by atoms with Crippen molar-refractivity contribution < 1.29 is 18.9 Å². The monoisotopic (exact) mass is 894 g/mol. The van der Waals surface area contributed by atoms with E-state index in [0.717, 1.165) is 57.1 Å². The Kier molecular flexibility index (Phi) is 11.4. The lowest BCUT2D eigenvalue weighted by molar-refractivity contribution is 0.469. The van der Waals surface area contributed by atoms with E-state index < -0.39 is 5.41 Å². The van der Waals surface area contributed by atoms with Crippen LogP contribution >= 0.6 is 0 Å². The molecule has 0 saturated carbocycles. The third-order valence-corrected chi connectivity index (χ3v) is 12.9. The molecule has 1 aliphatic rings. The molecule has 0 heterocycles. The van der Waals surface area contributed by atoms with Crippen LogP contribution in [0.1, 0.15) is 44.5 Å². The predicted molar refractivity (Wildman–Crippen MR) is 280 cm³/mol. The van der Waals surface area contributed by atoms with E-state index in [-0.39, 0.29) is 0 Å². The fourth-order valence-electron chi connectivity index (χ4n) is 9.97. The first-order chi connectivity index (χ1) is 33.7. The summed E-state index contributed by atoms with van der Waals surface area (Å²) >= 11 is 0. The summed E-state index contributed by atoms with van der Waals surface area (Å²) in [6.07, 6.45) is 0. The van der Waals surface area contributed by atoms with Gasteiger partial charge in [0, 0.05) is 0 Å². The molecule has 0 unspecified atom stereocenters. The summed E-state index contributed by atoms with van der Waals surface area (Å²) < 4.78 is 25.1. The Balaban J connectivity index is 1.02. The first-order valence-corrected chi connectivity index (χ1v) is 23.4. The molecular formula is C65H50O4. The van der Waals surface area contributed by atoms with Crippen molar-refractivity contribution in [2.75, 3.05) is 0 Å². The Labute approximate surface area is 404 Å². The standard InChI is InChI=1S/C65H50O4/c1-43-35-44(2)38-49(37-43)47-15-33-61-62-34-16-48(50-39-45(3)36-46(4)40-50)42-64(62)65(63(61)41-47,51-17-21-55(22-18-51)68-59-29-25-57(26-30-59)66-53-11-7-5-8-12-53)52-19-23-56(24-20-52)69-60-31-27-58(28-32-60)67-54-13-9-6-10-14-54/h5-42H,1-4H3. The van der Waals surface area contributed by atoms with Crippen molar-refractivity contribution >= 4 is 0 Å². The highest BCUT2D eigenvalue weighted by atomic mass is 16.5. The SMILES string of the molecule is Cc1cc(C)cc(-c2ccc3c(c2)C(c2ccc(Oc4ccc(Oc5ccccc5)cc4)cc2)(c2ccc(Oc4ccc(Oc5ccccc5)cc4)cc2)c2cc(-c4cc(C)cc(C)c4)ccc2-3)c1. The zero-order valence-corrected chi connectivity index (χ0v) is 39.1. The maximum Gasteiger partial charge on any atom is 0.127 e. The van der Waals surface area contributed by atoms with E-state index in [0.29, 0.717) is 0 Å². The van der Waals surface area contributed by atoms with Crippen molar-refractivity contribution in [2.24, 2.45) is 0 Å². The molecule has 69 heavy (non-hydrogen) atoms. The number of benzene rings is 10. The van der Waals surface area contributed by atoms with Gasteiger partial charge in [-0.15, -0.1) is 0 Å². The van der Waals surface area contributed by atoms with Crippen molar-refractivity contribution in [1.82, 2.24) is 0 Å². The lowest BCUT2D eigenvalue weighted by atomic mass is 9.67. The Morgan fingerprint density at radius 1 is 0.246 bits per heavy atom. The number of aryl methyl sites for hydroxylation is 4. The Bertz CT molecular complexity index is 3160. The zero-order chi connectivity index (χ0) is 46.9. The van der Waals surface area contributed by atoms with Gasteiger partial charge in [-0.25, -0.2) is 0 Å². The van der Waals surface area contributed by atoms with Crippen LogP contribution < -0.4 is 18.9 Å². The summed E-state index contributed by atoms with van der Waals surface area (Å²) in [6.45, 7) is 8.69. The van der Waals surface area contributed by atoms with Crippen molar-refractivity contribution in [3.05, 3.63) is 275 Å². The molecule has 11 rings (SSSR count). The van der Waals surface area contributed by atoms with Crippen molar-refractivity contribution in [3.63, 3.8) is 0 Å². The van der Waals surface area contributed by atoms with Gasteiger partial charge in [-0.3, -0.25) is 0 Å². The van der Waals surface area contributed by atoms with E-state index in [1.54, 1.807) is 0 Å². The van der Waals surface area contributed by atoms with E-state index in [1.165, 1.54) is 66.8 Å². The topological polar surface area (TPSA) is 36.9 Å². The summed E-state index contributed by atoms with van der Waals surface area (Å²) in [5.74, 6) is 5.98. The Morgan fingerprint density at radius 2 is 0.522 bits per heavy atom. The van der Waals surface area contributed by atoms with Gasteiger partial charge in [-0.05, 0) is 193 Å². The van der Waals surface area contributed by atoms with E-state index in [2.05, 4.69) is 149 Å². The summed E-state index contributed by atoms with van der Waals surface area (Å²) in [5, 5.41) is 0. The highest BCUT2D eigenvalue weighted by Crippen LogP contribution is 2.58. The zero-order valence-electron chi connectivity index (χ0n) is 39.1. The molecule has 0 spiro atoms. The molecular weight excluding hydrogens is 845 g/mol. The first-order valence-electron chi connectivity index (χ1n) is 23.4. The third-order valence-electron chi connectivity index (χ3n) is 12.9. The minimum atomic E-state index is -0.724. The van der Waals surface area contributed by atoms with Crippen LogP contribution in [0, 0.1) is 27.7 Å². The Morgan fingerprint density at radius 3 is 0.826 bits per heavy atom. The van der Waals surface area contributed by atoms with Crippen LogP contribution in [0.5, 0.6) is 46.0 Å². The maximum absolute atomic E-state index is 6.51. The molecule has 0 aliphatic heterocycles. The number of hydrogen-bond acceptors (Lipinski definition) is 4. The molecule has 0 saturated heterocycles. The van der Waals surface area contributed by atoms with Gasteiger partial charge in [0.05, 0.1) is 5.41 Å². The number of fused-ring (bicyclic) bond motifs is 3. The van der Waals surface area contributed by atoms with Crippen LogP contribution in [0.15, 0.2) is 231 Å². The predicted octanol–water partition coefficient (Wildman–Crippen LogP) is 17.8. The molecule has 10 aromatic rings. The van der Waals surface area contributed by atoms with E-state index >= 15 is 0 Å². The molecule has 4 nitrogen and oxygen atoms in total. The number of ether oxygens (including phenoxy) is 4. The second-order valence-corrected chi connectivity index (χ2v) is 18.0. The van der Waals surface area contributed by atoms with Crippen molar-refractivity contribution in [1.29, 1.82) is 0 Å². The molecule has 0 aromatic heterocycles. The van der Waals surface area contributed by atoms with Crippen LogP contribution in [0.3, 0.4) is 0 Å². The lowest BCUT2D eigenvalue weighted by Gasteiger charge is -2.34. The normalized spacial score (nSPS) is 12.2. The largest absolute Gasteiger partial charge is 0.457 e. The molecule has 0 atom stereocenters. The molecule has 0 bridgehead atoms. The van der Waals surface area contributed by atoms with Gasteiger partial charge in [0.2, 0.25) is 0 Å². The highest BCUT2D eigenvalue weighted by molar-refractivity contribution is 5.90. The average molecular weight is 895 g/mol. The van der Waals surface area contributed by atoms with Gasteiger partial charge in [-0.2, -0.15) is 0 Å². The molecule has 0 amide bonds. The second-order valence-electron chi connectivity index (χ2n) is 18.0. The third kappa shape index (κ3) is 8.77. The summed E-state index contributed by atoms with van der Waals surface area (Å²) in [7, 11) is 0. The maximum atomic E-state index is 6.51. The second kappa shape index (κ2) is 18.2. The molecule has 0 fully saturated rings.